The summed E-state index contributed by atoms with van der Waals surface area (Å²) in [5.74, 6) is 0.804. The van der Waals surface area contributed by atoms with Gasteiger partial charge in [0, 0.05) is 6.54 Å². The van der Waals surface area contributed by atoms with Crippen LogP contribution in [0.4, 0.5) is 0 Å². The summed E-state index contributed by atoms with van der Waals surface area (Å²) in [6.45, 7) is 7.99. The highest BCUT2D eigenvalue weighted by molar-refractivity contribution is 7.05. The molecule has 0 amide bonds. The zero-order valence-electron chi connectivity index (χ0n) is 13.1. The van der Waals surface area contributed by atoms with Crippen LogP contribution in [0.15, 0.2) is 6.20 Å². The van der Waals surface area contributed by atoms with Gasteiger partial charge in [0.25, 0.3) is 0 Å². The van der Waals surface area contributed by atoms with Crippen molar-refractivity contribution in [3.05, 3.63) is 22.5 Å². The highest BCUT2D eigenvalue weighted by atomic mass is 32.1. The lowest BCUT2D eigenvalue weighted by molar-refractivity contribution is 0.400. The zero-order valence-corrected chi connectivity index (χ0v) is 13.9. The third-order valence-corrected chi connectivity index (χ3v) is 4.21. The van der Waals surface area contributed by atoms with Crippen molar-refractivity contribution in [2.45, 2.75) is 46.2 Å². The molecule has 1 N–H and O–H groups in total. The molecule has 0 saturated heterocycles. The molecule has 0 saturated carbocycles. The Morgan fingerprint density at radius 2 is 2.19 bits per heavy atom. The summed E-state index contributed by atoms with van der Waals surface area (Å²) in [5, 5.41) is 12.2. The van der Waals surface area contributed by atoms with Gasteiger partial charge in [-0.05, 0) is 31.4 Å². The van der Waals surface area contributed by atoms with E-state index < -0.39 is 0 Å². The van der Waals surface area contributed by atoms with Gasteiger partial charge in [0.2, 0.25) is 0 Å². The van der Waals surface area contributed by atoms with Crippen LogP contribution in [0.25, 0.3) is 0 Å². The smallest absolute Gasteiger partial charge is 0.161 e. The topological polar surface area (TPSA) is 64.9 Å². The van der Waals surface area contributed by atoms with Crippen molar-refractivity contribution in [2.75, 3.05) is 13.7 Å². The molecule has 1 atom stereocenters. The van der Waals surface area contributed by atoms with E-state index in [4.69, 9.17) is 4.74 Å². The van der Waals surface area contributed by atoms with Crippen molar-refractivity contribution in [2.24, 2.45) is 0 Å². The Balaban J connectivity index is 2.48. The molecule has 0 aromatic carbocycles. The number of hydrogen-bond donors (Lipinski definition) is 1. The van der Waals surface area contributed by atoms with E-state index in [1.54, 1.807) is 13.3 Å². The summed E-state index contributed by atoms with van der Waals surface area (Å²) < 4.78 is 11.6. The first-order valence-corrected chi connectivity index (χ1v) is 8.18. The van der Waals surface area contributed by atoms with Crippen molar-refractivity contribution >= 4 is 11.5 Å². The van der Waals surface area contributed by atoms with Crippen molar-refractivity contribution in [1.29, 1.82) is 0 Å². The van der Waals surface area contributed by atoms with E-state index in [1.807, 2.05) is 4.68 Å². The summed E-state index contributed by atoms with van der Waals surface area (Å²) in [6.07, 6.45) is 3.77. The van der Waals surface area contributed by atoms with E-state index in [1.165, 1.54) is 11.5 Å². The third-order valence-electron chi connectivity index (χ3n) is 3.38. The zero-order chi connectivity index (χ0) is 15.2. The SMILES string of the molecule is CCCc1nnsc1C(NCC)c1c(OC)cnn1CC. The summed E-state index contributed by atoms with van der Waals surface area (Å²) >= 11 is 1.45. The summed E-state index contributed by atoms with van der Waals surface area (Å²) in [4.78, 5) is 1.16. The molecule has 1 unspecified atom stereocenters. The highest BCUT2D eigenvalue weighted by Gasteiger charge is 2.26. The van der Waals surface area contributed by atoms with E-state index in [0.717, 1.165) is 47.9 Å². The molecule has 2 aromatic rings. The van der Waals surface area contributed by atoms with Gasteiger partial charge in [-0.25, -0.2) is 0 Å². The van der Waals surface area contributed by atoms with Crippen LogP contribution in [0.1, 0.15) is 49.5 Å². The van der Waals surface area contributed by atoms with Crippen LogP contribution < -0.4 is 10.1 Å². The first-order chi connectivity index (χ1) is 10.3. The quantitative estimate of drug-likeness (QED) is 0.811. The van der Waals surface area contributed by atoms with Crippen LogP contribution in [0.3, 0.4) is 0 Å². The molecule has 2 rings (SSSR count). The average molecular weight is 309 g/mol. The first kappa shape index (κ1) is 15.9. The number of hydrogen-bond acceptors (Lipinski definition) is 6. The molecule has 116 valence electrons. The van der Waals surface area contributed by atoms with E-state index in [0.29, 0.717) is 0 Å². The second kappa shape index (κ2) is 7.51. The largest absolute Gasteiger partial charge is 0.493 e. The molecule has 0 spiro atoms. The molecule has 0 aliphatic heterocycles. The van der Waals surface area contributed by atoms with Gasteiger partial charge in [0.15, 0.2) is 5.75 Å². The lowest BCUT2D eigenvalue weighted by Gasteiger charge is -2.19. The monoisotopic (exact) mass is 309 g/mol. The Morgan fingerprint density at radius 1 is 1.38 bits per heavy atom. The first-order valence-electron chi connectivity index (χ1n) is 7.40. The van der Waals surface area contributed by atoms with Gasteiger partial charge in [-0.2, -0.15) is 5.10 Å². The van der Waals surface area contributed by atoms with Crippen LogP contribution in [0.5, 0.6) is 5.75 Å². The van der Waals surface area contributed by atoms with Crippen LogP contribution in [0.2, 0.25) is 0 Å². The summed E-state index contributed by atoms with van der Waals surface area (Å²) in [6, 6.07) is 0.0222. The molecule has 2 aromatic heterocycles. The van der Waals surface area contributed by atoms with Crippen LogP contribution >= 0.6 is 11.5 Å². The maximum Gasteiger partial charge on any atom is 0.161 e. The fourth-order valence-electron chi connectivity index (χ4n) is 2.44. The number of nitrogens with zero attached hydrogens (tertiary/aromatic N) is 4. The predicted octanol–water partition coefficient (Wildman–Crippen LogP) is 2.41. The lowest BCUT2D eigenvalue weighted by atomic mass is 10.1. The van der Waals surface area contributed by atoms with Gasteiger partial charge in [0.1, 0.15) is 5.69 Å². The molecular weight excluding hydrogens is 286 g/mol. The van der Waals surface area contributed by atoms with Gasteiger partial charge in [-0.1, -0.05) is 24.8 Å². The van der Waals surface area contributed by atoms with Gasteiger partial charge < -0.3 is 10.1 Å². The number of rotatable bonds is 8. The Labute approximate surface area is 129 Å². The van der Waals surface area contributed by atoms with E-state index in [9.17, 15) is 0 Å². The van der Waals surface area contributed by atoms with Crippen LogP contribution in [-0.2, 0) is 13.0 Å². The Hall–Kier alpha value is -1.47. The molecule has 0 radical (unpaired) electrons. The average Bonchev–Trinajstić information content (AvgIpc) is 3.11. The summed E-state index contributed by atoms with van der Waals surface area (Å²) in [5.41, 5.74) is 2.12. The highest BCUT2D eigenvalue weighted by Crippen LogP contribution is 2.33. The molecule has 21 heavy (non-hydrogen) atoms. The summed E-state index contributed by atoms with van der Waals surface area (Å²) in [7, 11) is 1.68. The number of nitrogens with one attached hydrogen (secondary N) is 1. The maximum atomic E-state index is 5.49. The number of aryl methyl sites for hydroxylation is 2. The van der Waals surface area contributed by atoms with Crippen molar-refractivity contribution in [1.82, 2.24) is 24.7 Å². The minimum Gasteiger partial charge on any atom is -0.493 e. The molecule has 0 aliphatic carbocycles. The lowest BCUT2D eigenvalue weighted by Crippen LogP contribution is -2.25. The Bertz CT molecular complexity index is 544. The van der Waals surface area contributed by atoms with E-state index >= 15 is 0 Å². The maximum absolute atomic E-state index is 5.49. The van der Waals surface area contributed by atoms with Crippen molar-refractivity contribution in [3.8, 4) is 5.75 Å². The third kappa shape index (κ3) is 3.24. The second-order valence-electron chi connectivity index (χ2n) is 4.74. The molecular formula is C14H23N5OS. The molecule has 0 aliphatic rings. The van der Waals surface area contributed by atoms with Crippen molar-refractivity contribution in [3.63, 3.8) is 0 Å². The predicted molar refractivity (Wildman–Crippen MR) is 83.9 cm³/mol. The van der Waals surface area contributed by atoms with E-state index in [2.05, 4.69) is 40.8 Å². The minimum absolute atomic E-state index is 0.0222. The fourth-order valence-corrected chi connectivity index (χ4v) is 3.22. The number of aromatic nitrogens is 4. The number of ether oxygens (including phenoxy) is 1. The molecule has 0 bridgehead atoms. The van der Waals surface area contributed by atoms with Gasteiger partial charge in [0.05, 0.1) is 29.9 Å². The standard InChI is InChI=1S/C14H23N5OS/c1-5-8-10-14(21-18-17-10)12(15-6-2)13-11(20-4)9-16-19(13)7-3/h9,12,15H,5-8H2,1-4H3. The molecule has 2 heterocycles. The number of methoxy groups -OCH3 is 1. The van der Waals surface area contributed by atoms with Crippen LogP contribution in [0, 0.1) is 0 Å². The van der Waals surface area contributed by atoms with Gasteiger partial charge in [-0.3, -0.25) is 4.68 Å². The minimum atomic E-state index is 0.0222. The molecule has 0 fully saturated rings. The van der Waals surface area contributed by atoms with Gasteiger partial charge >= 0.3 is 0 Å². The normalized spacial score (nSPS) is 12.6. The fraction of sp³-hybridized carbons (Fsp3) is 0.643. The second-order valence-corrected chi connectivity index (χ2v) is 5.52. The Morgan fingerprint density at radius 3 is 2.81 bits per heavy atom. The van der Waals surface area contributed by atoms with Gasteiger partial charge in [-0.15, -0.1) is 5.10 Å². The Kier molecular flexibility index (Phi) is 5.69. The van der Waals surface area contributed by atoms with Crippen LogP contribution in [-0.4, -0.2) is 33.0 Å². The van der Waals surface area contributed by atoms with Crippen molar-refractivity contribution < 1.29 is 4.74 Å². The molecule has 6 nitrogen and oxygen atoms in total. The molecule has 7 heteroatoms. The van der Waals surface area contributed by atoms with E-state index in [-0.39, 0.29) is 6.04 Å².